The van der Waals surface area contributed by atoms with Gasteiger partial charge in [0.2, 0.25) is 11.8 Å². The number of ketones is 1. The summed E-state index contributed by atoms with van der Waals surface area (Å²) in [6.07, 6.45) is 7.70. The lowest BCUT2D eigenvalue weighted by Crippen LogP contribution is -2.57. The first-order chi connectivity index (χ1) is 17.8. The number of rotatable bonds is 6. The minimum atomic E-state index is -0.954. The molecule has 0 radical (unpaired) electrons. The van der Waals surface area contributed by atoms with Gasteiger partial charge in [-0.1, -0.05) is 72.8 Å². The Labute approximate surface area is 228 Å². The van der Waals surface area contributed by atoms with Crippen molar-refractivity contribution in [1.29, 1.82) is 0 Å². The van der Waals surface area contributed by atoms with Crippen LogP contribution in [0.5, 0.6) is 0 Å². The van der Waals surface area contributed by atoms with Crippen LogP contribution in [0.15, 0.2) is 36.4 Å². The molecule has 2 amide bonds. The standard InChI is InChI=1S/C29H33Cl2N3O3/c1-33-16-14-32-26(29(33)37)27(35)23-12-11-22(24(30)25(23)31)19-9-7-18(8-10-19)17-20-13-15-34(28(20)36)21-5-3-2-4-6-21/h7-12,20-21,26,32H,2-6,13-17H2,1H3. The number of halogens is 2. The lowest BCUT2D eigenvalue weighted by molar-refractivity contribution is -0.133. The zero-order valence-corrected chi connectivity index (χ0v) is 22.7. The highest BCUT2D eigenvalue weighted by Gasteiger charge is 2.36. The van der Waals surface area contributed by atoms with Crippen LogP contribution in [-0.4, -0.2) is 66.2 Å². The van der Waals surface area contributed by atoms with Crippen molar-refractivity contribution in [2.75, 3.05) is 26.7 Å². The normalized spacial score (nSPS) is 23.1. The third-order valence-corrected chi connectivity index (χ3v) is 9.02. The van der Waals surface area contributed by atoms with Crippen LogP contribution in [0.1, 0.15) is 54.4 Å². The number of nitrogens with zero attached hydrogens (tertiary/aromatic N) is 2. The van der Waals surface area contributed by atoms with Crippen LogP contribution >= 0.6 is 23.2 Å². The Morgan fingerprint density at radius 1 is 0.919 bits per heavy atom. The molecule has 3 aliphatic rings. The third kappa shape index (κ3) is 5.29. The van der Waals surface area contributed by atoms with Gasteiger partial charge in [0.15, 0.2) is 11.8 Å². The van der Waals surface area contributed by atoms with Crippen molar-refractivity contribution in [3.63, 3.8) is 0 Å². The van der Waals surface area contributed by atoms with Gasteiger partial charge in [-0.2, -0.15) is 0 Å². The topological polar surface area (TPSA) is 69.7 Å². The van der Waals surface area contributed by atoms with E-state index in [9.17, 15) is 14.4 Å². The summed E-state index contributed by atoms with van der Waals surface area (Å²) in [6.45, 7) is 1.98. The molecule has 6 nitrogen and oxygen atoms in total. The Balaban J connectivity index is 1.27. The van der Waals surface area contributed by atoms with Gasteiger partial charge in [0, 0.05) is 49.8 Å². The van der Waals surface area contributed by atoms with Gasteiger partial charge < -0.3 is 9.80 Å². The maximum atomic E-state index is 13.1. The molecule has 1 aliphatic carbocycles. The molecular formula is C29H33Cl2N3O3. The lowest BCUT2D eigenvalue weighted by atomic mass is 9.93. The molecule has 2 saturated heterocycles. The Morgan fingerprint density at radius 3 is 2.38 bits per heavy atom. The second kappa shape index (κ2) is 11.1. The Hall–Kier alpha value is -2.41. The Kier molecular flexibility index (Phi) is 7.89. The molecule has 196 valence electrons. The SMILES string of the molecule is CN1CCNC(C(=O)c2ccc(-c3ccc(CC4CCN(C5CCCCC5)C4=O)cc3)c(Cl)c2Cl)C1=O. The van der Waals surface area contributed by atoms with Gasteiger partial charge in [-0.15, -0.1) is 0 Å². The summed E-state index contributed by atoms with van der Waals surface area (Å²) in [7, 11) is 1.68. The molecule has 37 heavy (non-hydrogen) atoms. The van der Waals surface area contributed by atoms with Gasteiger partial charge in [-0.3, -0.25) is 19.7 Å². The predicted molar refractivity (Wildman–Crippen MR) is 146 cm³/mol. The summed E-state index contributed by atoms with van der Waals surface area (Å²) in [5.74, 6) is -0.297. The molecule has 3 fully saturated rings. The summed E-state index contributed by atoms with van der Waals surface area (Å²) in [6, 6.07) is 10.9. The first-order valence-corrected chi connectivity index (χ1v) is 14.0. The van der Waals surface area contributed by atoms with Crippen LogP contribution in [0.25, 0.3) is 11.1 Å². The van der Waals surface area contributed by atoms with Gasteiger partial charge in [0.25, 0.3) is 0 Å². The van der Waals surface area contributed by atoms with E-state index in [-0.39, 0.29) is 33.2 Å². The first-order valence-electron chi connectivity index (χ1n) is 13.3. The van der Waals surface area contributed by atoms with Crippen LogP contribution < -0.4 is 5.32 Å². The van der Waals surface area contributed by atoms with E-state index >= 15 is 0 Å². The van der Waals surface area contributed by atoms with Crippen molar-refractivity contribution in [2.45, 2.75) is 57.0 Å². The number of hydrogen-bond acceptors (Lipinski definition) is 4. The molecule has 2 aliphatic heterocycles. The van der Waals surface area contributed by atoms with Gasteiger partial charge in [-0.05, 0) is 42.9 Å². The van der Waals surface area contributed by atoms with Crippen LogP contribution in [-0.2, 0) is 16.0 Å². The Bertz CT molecular complexity index is 1190. The number of likely N-dealkylation sites (N-methyl/N-ethyl adjacent to an activating group) is 1. The second-order valence-corrected chi connectivity index (χ2v) is 11.3. The van der Waals surface area contributed by atoms with Crippen LogP contribution in [0.3, 0.4) is 0 Å². The number of benzene rings is 2. The number of amides is 2. The summed E-state index contributed by atoms with van der Waals surface area (Å²) in [5, 5.41) is 3.41. The van der Waals surface area contributed by atoms with E-state index in [1.165, 1.54) is 24.2 Å². The first kappa shape index (κ1) is 26.2. The molecule has 2 atom stereocenters. The molecule has 1 N–H and O–H groups in total. The highest BCUT2D eigenvalue weighted by atomic mass is 35.5. The Morgan fingerprint density at radius 2 is 1.65 bits per heavy atom. The highest BCUT2D eigenvalue weighted by Crippen LogP contribution is 2.37. The van der Waals surface area contributed by atoms with Crippen LogP contribution in [0.4, 0.5) is 0 Å². The summed E-state index contributed by atoms with van der Waals surface area (Å²) < 4.78 is 0. The van der Waals surface area contributed by atoms with Crippen molar-refractivity contribution in [3.8, 4) is 11.1 Å². The average Bonchev–Trinajstić information content (AvgIpc) is 3.27. The summed E-state index contributed by atoms with van der Waals surface area (Å²) >= 11 is 13.2. The molecule has 2 aromatic rings. The molecule has 8 heteroatoms. The quantitative estimate of drug-likeness (QED) is 0.412. The van der Waals surface area contributed by atoms with E-state index in [1.54, 1.807) is 19.2 Å². The second-order valence-electron chi connectivity index (χ2n) is 10.5. The minimum absolute atomic E-state index is 0.0475. The number of likely N-dealkylation sites (tertiary alicyclic amines) is 1. The summed E-state index contributed by atoms with van der Waals surface area (Å²) in [5.41, 5.74) is 2.95. The largest absolute Gasteiger partial charge is 0.343 e. The van der Waals surface area contributed by atoms with Crippen molar-refractivity contribution in [2.24, 2.45) is 5.92 Å². The fraction of sp³-hybridized carbons (Fsp3) is 0.483. The van der Waals surface area contributed by atoms with Crippen molar-refractivity contribution in [3.05, 3.63) is 57.6 Å². The van der Waals surface area contributed by atoms with E-state index in [4.69, 9.17) is 23.2 Å². The van der Waals surface area contributed by atoms with Gasteiger partial charge in [-0.25, -0.2) is 0 Å². The summed E-state index contributed by atoms with van der Waals surface area (Å²) in [4.78, 5) is 42.2. The van der Waals surface area contributed by atoms with Crippen molar-refractivity contribution >= 4 is 40.8 Å². The third-order valence-electron chi connectivity index (χ3n) is 8.14. The highest BCUT2D eigenvalue weighted by molar-refractivity contribution is 6.46. The molecule has 0 spiro atoms. The fourth-order valence-corrected chi connectivity index (χ4v) is 6.46. The number of piperazine rings is 1. The zero-order valence-electron chi connectivity index (χ0n) is 21.1. The minimum Gasteiger partial charge on any atom is -0.343 e. The number of carbonyl (C=O) groups is 3. The number of hydrogen-bond donors (Lipinski definition) is 1. The van der Waals surface area contributed by atoms with Crippen LogP contribution in [0.2, 0.25) is 10.0 Å². The number of Topliss-reactive ketones (excluding diaryl/α,β-unsaturated/α-hetero) is 1. The van der Waals surface area contributed by atoms with Crippen molar-refractivity contribution < 1.29 is 14.4 Å². The monoisotopic (exact) mass is 541 g/mol. The van der Waals surface area contributed by atoms with Gasteiger partial charge in [0.05, 0.1) is 10.0 Å². The van der Waals surface area contributed by atoms with E-state index in [0.29, 0.717) is 25.0 Å². The van der Waals surface area contributed by atoms with E-state index in [0.717, 1.165) is 48.9 Å². The van der Waals surface area contributed by atoms with Gasteiger partial charge in [0.1, 0.15) is 0 Å². The molecule has 2 aromatic carbocycles. The van der Waals surface area contributed by atoms with E-state index < -0.39 is 6.04 Å². The molecule has 2 unspecified atom stereocenters. The smallest absolute Gasteiger partial charge is 0.247 e. The van der Waals surface area contributed by atoms with E-state index in [1.807, 2.05) is 24.3 Å². The lowest BCUT2D eigenvalue weighted by Gasteiger charge is -2.31. The van der Waals surface area contributed by atoms with Crippen molar-refractivity contribution in [1.82, 2.24) is 15.1 Å². The molecule has 1 saturated carbocycles. The molecule has 5 rings (SSSR count). The molecule has 0 bridgehead atoms. The fourth-order valence-electron chi connectivity index (χ4n) is 5.93. The molecular weight excluding hydrogens is 509 g/mol. The zero-order chi connectivity index (χ0) is 26.1. The maximum Gasteiger partial charge on any atom is 0.247 e. The van der Waals surface area contributed by atoms with Gasteiger partial charge >= 0.3 is 0 Å². The van der Waals surface area contributed by atoms with Crippen LogP contribution in [0, 0.1) is 5.92 Å². The predicted octanol–water partition coefficient (Wildman–Crippen LogP) is 5.00. The number of carbonyl (C=O) groups excluding carboxylic acids is 3. The average molecular weight is 543 g/mol. The maximum absolute atomic E-state index is 13.1. The molecule has 2 heterocycles. The van der Waals surface area contributed by atoms with E-state index in [2.05, 4.69) is 10.2 Å². The molecule has 0 aromatic heterocycles. The number of nitrogens with one attached hydrogen (secondary N) is 1.